The van der Waals surface area contributed by atoms with Gasteiger partial charge in [0.05, 0.1) is 5.52 Å². The van der Waals surface area contributed by atoms with Gasteiger partial charge in [-0.1, -0.05) is 31.5 Å². The summed E-state index contributed by atoms with van der Waals surface area (Å²) in [6.45, 7) is 4.34. The van der Waals surface area contributed by atoms with E-state index in [1.54, 1.807) is 0 Å². The van der Waals surface area contributed by atoms with E-state index in [4.69, 9.17) is 0 Å². The third kappa shape index (κ3) is 1.63. The number of para-hydroxylation sites is 1. The van der Waals surface area contributed by atoms with Gasteiger partial charge in [0, 0.05) is 11.1 Å². The Labute approximate surface area is 84.8 Å². The zero-order valence-corrected chi connectivity index (χ0v) is 8.75. The Morgan fingerprint density at radius 1 is 1.21 bits per heavy atom. The van der Waals surface area contributed by atoms with Crippen LogP contribution >= 0.6 is 0 Å². The molecule has 2 rings (SSSR count). The summed E-state index contributed by atoms with van der Waals surface area (Å²) in [5.41, 5.74) is 3.67. The lowest BCUT2D eigenvalue weighted by Gasteiger charge is -2.04. The average molecular weight is 185 g/mol. The number of aryl methyl sites for hydroxylation is 2. The maximum absolute atomic E-state index is 4.63. The Bertz CT molecular complexity index is 446. The fraction of sp³-hybridized carbons (Fsp3) is 0.308. The van der Waals surface area contributed by atoms with E-state index in [2.05, 4.69) is 43.1 Å². The zero-order valence-electron chi connectivity index (χ0n) is 8.75. The highest BCUT2D eigenvalue weighted by molar-refractivity contribution is 5.81. The van der Waals surface area contributed by atoms with Crippen LogP contribution in [0.2, 0.25) is 0 Å². The van der Waals surface area contributed by atoms with Crippen molar-refractivity contribution >= 4 is 10.9 Å². The Kier molecular flexibility index (Phi) is 2.49. The first-order chi connectivity index (χ1) is 6.81. The second-order valence-corrected chi connectivity index (χ2v) is 3.70. The highest BCUT2D eigenvalue weighted by Crippen LogP contribution is 2.17. The van der Waals surface area contributed by atoms with Gasteiger partial charge in [0.25, 0.3) is 0 Å². The van der Waals surface area contributed by atoms with E-state index in [0.29, 0.717) is 0 Å². The summed E-state index contributed by atoms with van der Waals surface area (Å²) in [7, 11) is 0. The van der Waals surface area contributed by atoms with E-state index >= 15 is 0 Å². The van der Waals surface area contributed by atoms with Crippen LogP contribution < -0.4 is 0 Å². The molecule has 0 unspecified atom stereocenters. The summed E-state index contributed by atoms with van der Waals surface area (Å²) in [6, 6.07) is 10.5. The van der Waals surface area contributed by atoms with Crippen molar-refractivity contribution in [3.8, 4) is 0 Å². The van der Waals surface area contributed by atoms with Gasteiger partial charge in [-0.2, -0.15) is 0 Å². The van der Waals surface area contributed by atoms with Crippen molar-refractivity contribution in [3.63, 3.8) is 0 Å². The number of hydrogen-bond donors (Lipinski definition) is 0. The number of nitrogens with zero attached hydrogens (tertiary/aromatic N) is 1. The van der Waals surface area contributed by atoms with Gasteiger partial charge in [0.15, 0.2) is 0 Å². The Morgan fingerprint density at radius 3 is 2.79 bits per heavy atom. The average Bonchev–Trinajstić information content (AvgIpc) is 2.18. The molecule has 0 atom stereocenters. The van der Waals surface area contributed by atoms with Gasteiger partial charge in [-0.3, -0.25) is 4.98 Å². The first kappa shape index (κ1) is 9.20. The summed E-state index contributed by atoms with van der Waals surface area (Å²) >= 11 is 0. The van der Waals surface area contributed by atoms with Crippen LogP contribution in [0.25, 0.3) is 10.9 Å². The highest BCUT2D eigenvalue weighted by Gasteiger charge is 2.00. The smallest absolute Gasteiger partial charge is 0.0707 e. The van der Waals surface area contributed by atoms with E-state index in [0.717, 1.165) is 18.4 Å². The quantitative estimate of drug-likeness (QED) is 0.697. The van der Waals surface area contributed by atoms with Gasteiger partial charge < -0.3 is 0 Å². The van der Waals surface area contributed by atoms with Gasteiger partial charge >= 0.3 is 0 Å². The Balaban J connectivity index is 2.60. The summed E-state index contributed by atoms with van der Waals surface area (Å²) in [6.07, 6.45) is 2.23. The van der Waals surface area contributed by atoms with Crippen molar-refractivity contribution in [1.82, 2.24) is 4.98 Å². The molecule has 14 heavy (non-hydrogen) atoms. The molecule has 0 spiro atoms. The predicted molar refractivity (Wildman–Crippen MR) is 60.5 cm³/mol. The van der Waals surface area contributed by atoms with Crippen molar-refractivity contribution in [1.29, 1.82) is 0 Å². The molecular weight excluding hydrogens is 170 g/mol. The largest absolute Gasteiger partial charge is 0.253 e. The normalized spacial score (nSPS) is 10.7. The molecule has 0 bridgehead atoms. The molecule has 1 aromatic carbocycles. The van der Waals surface area contributed by atoms with E-state index in [-0.39, 0.29) is 0 Å². The van der Waals surface area contributed by atoms with Gasteiger partial charge in [-0.05, 0) is 31.0 Å². The molecule has 0 aliphatic rings. The molecule has 2 aromatic rings. The molecule has 0 N–H and O–H groups in total. The molecule has 1 heterocycles. The minimum absolute atomic E-state index is 1.08. The standard InChI is InChI=1S/C13H15N/c1-3-6-11-9-10(2)12-7-4-5-8-13(12)14-11/h4-5,7-9H,3,6H2,1-2H3. The van der Waals surface area contributed by atoms with Crippen LogP contribution in [0.1, 0.15) is 24.6 Å². The fourth-order valence-electron chi connectivity index (χ4n) is 1.80. The molecular formula is C13H15N. The molecule has 0 amide bonds. The lowest BCUT2D eigenvalue weighted by Crippen LogP contribution is -1.92. The van der Waals surface area contributed by atoms with E-state index < -0.39 is 0 Å². The van der Waals surface area contributed by atoms with E-state index in [1.807, 2.05) is 6.07 Å². The Morgan fingerprint density at radius 2 is 2.00 bits per heavy atom. The van der Waals surface area contributed by atoms with Crippen molar-refractivity contribution in [2.45, 2.75) is 26.7 Å². The number of fused-ring (bicyclic) bond motifs is 1. The van der Waals surface area contributed by atoms with Gasteiger partial charge in [0.1, 0.15) is 0 Å². The maximum Gasteiger partial charge on any atom is 0.0707 e. The first-order valence-electron chi connectivity index (χ1n) is 5.16. The lowest BCUT2D eigenvalue weighted by atomic mass is 10.1. The third-order valence-corrected chi connectivity index (χ3v) is 2.48. The monoisotopic (exact) mass is 185 g/mol. The number of rotatable bonds is 2. The van der Waals surface area contributed by atoms with Crippen LogP contribution in [0.5, 0.6) is 0 Å². The molecule has 72 valence electrons. The fourth-order valence-corrected chi connectivity index (χ4v) is 1.80. The summed E-state index contributed by atoms with van der Waals surface area (Å²) in [5, 5.41) is 1.27. The minimum atomic E-state index is 1.08. The van der Waals surface area contributed by atoms with Crippen LogP contribution in [0.3, 0.4) is 0 Å². The van der Waals surface area contributed by atoms with Crippen LogP contribution in [-0.2, 0) is 6.42 Å². The predicted octanol–water partition coefficient (Wildman–Crippen LogP) is 3.50. The number of hydrogen-bond acceptors (Lipinski definition) is 1. The summed E-state index contributed by atoms with van der Waals surface area (Å²) < 4.78 is 0. The van der Waals surface area contributed by atoms with Crippen molar-refractivity contribution < 1.29 is 0 Å². The maximum atomic E-state index is 4.63. The van der Waals surface area contributed by atoms with Crippen LogP contribution in [-0.4, -0.2) is 4.98 Å². The molecule has 0 radical (unpaired) electrons. The molecule has 1 aromatic heterocycles. The second kappa shape index (κ2) is 3.79. The summed E-state index contributed by atoms with van der Waals surface area (Å²) in [5.74, 6) is 0. The zero-order chi connectivity index (χ0) is 9.97. The van der Waals surface area contributed by atoms with Crippen molar-refractivity contribution in [3.05, 3.63) is 41.6 Å². The molecule has 1 heteroatoms. The van der Waals surface area contributed by atoms with E-state index in [9.17, 15) is 0 Å². The van der Waals surface area contributed by atoms with Crippen LogP contribution in [0, 0.1) is 6.92 Å². The highest BCUT2D eigenvalue weighted by atomic mass is 14.7. The molecule has 0 fully saturated rings. The Hall–Kier alpha value is -1.37. The first-order valence-corrected chi connectivity index (χ1v) is 5.16. The number of aromatic nitrogens is 1. The number of pyridine rings is 1. The molecule has 0 aliphatic heterocycles. The minimum Gasteiger partial charge on any atom is -0.253 e. The number of benzene rings is 1. The van der Waals surface area contributed by atoms with Crippen LogP contribution in [0.15, 0.2) is 30.3 Å². The van der Waals surface area contributed by atoms with Gasteiger partial charge in [-0.25, -0.2) is 0 Å². The van der Waals surface area contributed by atoms with E-state index in [1.165, 1.54) is 16.6 Å². The van der Waals surface area contributed by atoms with Gasteiger partial charge in [-0.15, -0.1) is 0 Å². The molecule has 0 saturated heterocycles. The SMILES string of the molecule is CCCc1cc(C)c2ccccc2n1. The third-order valence-electron chi connectivity index (χ3n) is 2.48. The molecule has 1 nitrogen and oxygen atoms in total. The molecule has 0 aliphatic carbocycles. The van der Waals surface area contributed by atoms with Crippen molar-refractivity contribution in [2.24, 2.45) is 0 Å². The summed E-state index contributed by atoms with van der Waals surface area (Å²) in [4.78, 5) is 4.63. The second-order valence-electron chi connectivity index (χ2n) is 3.70. The topological polar surface area (TPSA) is 12.9 Å². The van der Waals surface area contributed by atoms with Crippen LogP contribution in [0.4, 0.5) is 0 Å². The van der Waals surface area contributed by atoms with Crippen molar-refractivity contribution in [2.75, 3.05) is 0 Å². The molecule has 0 saturated carbocycles. The lowest BCUT2D eigenvalue weighted by molar-refractivity contribution is 0.888. The van der Waals surface area contributed by atoms with Gasteiger partial charge in [0.2, 0.25) is 0 Å².